The van der Waals surface area contributed by atoms with Gasteiger partial charge in [-0.25, -0.2) is 9.97 Å². The van der Waals surface area contributed by atoms with Gasteiger partial charge in [-0.1, -0.05) is 31.4 Å². The van der Waals surface area contributed by atoms with E-state index in [0.717, 1.165) is 43.0 Å². The fourth-order valence-electron chi connectivity index (χ4n) is 6.36. The van der Waals surface area contributed by atoms with Crippen molar-refractivity contribution in [3.05, 3.63) is 36.2 Å². The molecule has 4 aliphatic rings. The minimum absolute atomic E-state index is 0.0492. The van der Waals surface area contributed by atoms with E-state index < -0.39 is 0 Å². The first-order valence-corrected chi connectivity index (χ1v) is 13.3. The number of amides is 1. The first-order chi connectivity index (χ1) is 17.5. The fourth-order valence-corrected chi connectivity index (χ4v) is 6.36. The van der Waals surface area contributed by atoms with Crippen molar-refractivity contribution >= 4 is 35.3 Å². The number of nitrogens with one attached hydrogen (secondary N) is 2. The van der Waals surface area contributed by atoms with Crippen molar-refractivity contribution < 1.29 is 4.79 Å². The monoisotopic (exact) mass is 488 g/mol. The normalized spacial score (nSPS) is 23.4. The maximum Gasteiger partial charge on any atom is 0.246 e. The van der Waals surface area contributed by atoms with Crippen molar-refractivity contribution in [3.8, 4) is 0 Å². The van der Waals surface area contributed by atoms with Crippen LogP contribution in [0.25, 0.3) is 6.08 Å². The van der Waals surface area contributed by atoms with Crippen LogP contribution in [0.15, 0.2) is 30.6 Å². The smallest absolute Gasteiger partial charge is 0.246 e. The largest absolute Gasteiger partial charge is 0.370 e. The molecule has 9 heteroatoms. The van der Waals surface area contributed by atoms with Crippen molar-refractivity contribution in [2.24, 2.45) is 0 Å². The molecule has 2 N–H and O–H groups in total. The Morgan fingerprint density at radius 3 is 2.61 bits per heavy atom. The summed E-state index contributed by atoms with van der Waals surface area (Å²) in [6, 6.07) is 4.45. The SMILES string of the molecule is CN(C)C1CCN(c2ccc(Nc3ncc4c(n3)N3C(C=C4)C(=O)NCC34CCCCC4)nc2)CC1. The standard InChI is InChI=1S/C27H36N8O/c1-33(2)20-10-14-34(15-11-20)21-7-9-23(28-17-21)31-26-29-16-19-6-8-22-25(36)30-18-27(12-4-3-5-13-27)35(22)24(19)32-26/h6-9,16-17,20,22H,3-5,10-15,18H2,1-2H3,(H,30,36)(H,28,29,31,32). The molecule has 6 rings (SSSR count). The number of nitrogens with zero attached hydrogens (tertiary/aromatic N) is 6. The van der Waals surface area contributed by atoms with E-state index in [0.29, 0.717) is 24.4 Å². The van der Waals surface area contributed by atoms with Crippen LogP contribution in [-0.4, -0.2) is 77.1 Å². The number of hydrogen-bond acceptors (Lipinski definition) is 8. The molecule has 9 nitrogen and oxygen atoms in total. The van der Waals surface area contributed by atoms with Gasteiger partial charge in [-0.3, -0.25) is 4.79 Å². The summed E-state index contributed by atoms with van der Waals surface area (Å²) in [6.07, 6.45) is 15.8. The highest BCUT2D eigenvalue weighted by Gasteiger charge is 2.49. The van der Waals surface area contributed by atoms with Gasteiger partial charge < -0.3 is 25.3 Å². The molecule has 1 spiro atoms. The predicted octanol–water partition coefficient (Wildman–Crippen LogP) is 3.18. The third-order valence-electron chi connectivity index (χ3n) is 8.46. The zero-order chi connectivity index (χ0) is 24.7. The Hall–Kier alpha value is -3.20. The second-order valence-electron chi connectivity index (χ2n) is 10.9. The van der Waals surface area contributed by atoms with Crippen molar-refractivity contribution in [1.82, 2.24) is 25.2 Å². The number of piperidine rings is 1. The number of hydrogen-bond donors (Lipinski definition) is 2. The molecule has 0 radical (unpaired) electrons. The Kier molecular flexibility index (Phi) is 6.03. The number of carbonyl (C=O) groups is 1. The zero-order valence-corrected chi connectivity index (χ0v) is 21.3. The van der Waals surface area contributed by atoms with Crippen LogP contribution in [0, 0.1) is 0 Å². The van der Waals surface area contributed by atoms with Crippen molar-refractivity contribution in [3.63, 3.8) is 0 Å². The first kappa shape index (κ1) is 23.2. The molecule has 1 amide bonds. The van der Waals surface area contributed by atoms with Gasteiger partial charge in [0.1, 0.15) is 17.7 Å². The molecule has 2 aromatic rings. The highest BCUT2D eigenvalue weighted by Crippen LogP contribution is 2.42. The van der Waals surface area contributed by atoms with Gasteiger partial charge in [0.2, 0.25) is 11.9 Å². The number of piperazine rings is 1. The molecule has 3 aliphatic heterocycles. The van der Waals surface area contributed by atoms with Gasteiger partial charge >= 0.3 is 0 Å². The van der Waals surface area contributed by atoms with Crippen molar-refractivity contribution in [1.29, 1.82) is 0 Å². The Labute approximate surface area is 213 Å². The summed E-state index contributed by atoms with van der Waals surface area (Å²) in [4.78, 5) is 33.9. The molecular weight excluding hydrogens is 452 g/mol. The van der Waals surface area contributed by atoms with Crippen LogP contribution < -0.4 is 20.4 Å². The van der Waals surface area contributed by atoms with Gasteiger partial charge in [0.05, 0.1) is 17.4 Å². The van der Waals surface area contributed by atoms with Gasteiger partial charge in [0.25, 0.3) is 0 Å². The molecule has 5 heterocycles. The highest BCUT2D eigenvalue weighted by molar-refractivity contribution is 5.93. The average molecular weight is 489 g/mol. The molecule has 2 aromatic heterocycles. The number of rotatable bonds is 4. The molecule has 36 heavy (non-hydrogen) atoms. The van der Waals surface area contributed by atoms with Crippen LogP contribution in [0.3, 0.4) is 0 Å². The lowest BCUT2D eigenvalue weighted by Crippen LogP contribution is -2.69. The molecule has 0 bridgehead atoms. The van der Waals surface area contributed by atoms with E-state index >= 15 is 0 Å². The lowest BCUT2D eigenvalue weighted by atomic mass is 9.77. The molecule has 1 atom stereocenters. The average Bonchev–Trinajstić information content (AvgIpc) is 2.91. The Balaban J connectivity index is 1.21. The molecule has 3 fully saturated rings. The summed E-state index contributed by atoms with van der Waals surface area (Å²) in [7, 11) is 4.33. The van der Waals surface area contributed by atoms with E-state index in [1.54, 1.807) is 0 Å². The molecule has 1 saturated carbocycles. The Bertz CT molecular complexity index is 1130. The minimum Gasteiger partial charge on any atom is -0.370 e. The molecule has 2 saturated heterocycles. The van der Waals surface area contributed by atoms with Crippen molar-refractivity contribution in [2.45, 2.75) is 62.6 Å². The van der Waals surface area contributed by atoms with Crippen LogP contribution >= 0.6 is 0 Å². The van der Waals surface area contributed by atoms with E-state index in [-0.39, 0.29) is 17.5 Å². The van der Waals surface area contributed by atoms with Crippen LogP contribution in [0.1, 0.15) is 50.5 Å². The molecule has 1 unspecified atom stereocenters. The van der Waals surface area contributed by atoms with E-state index in [9.17, 15) is 4.79 Å². The van der Waals surface area contributed by atoms with E-state index in [2.05, 4.69) is 55.5 Å². The van der Waals surface area contributed by atoms with Gasteiger partial charge in [-0.15, -0.1) is 0 Å². The third-order valence-corrected chi connectivity index (χ3v) is 8.46. The lowest BCUT2D eigenvalue weighted by molar-refractivity contribution is -0.123. The summed E-state index contributed by atoms with van der Waals surface area (Å²) in [5.74, 6) is 2.12. The molecule has 0 aromatic carbocycles. The van der Waals surface area contributed by atoms with Gasteiger partial charge in [0.15, 0.2) is 0 Å². The number of carbonyl (C=O) groups excluding carboxylic acids is 1. The quantitative estimate of drug-likeness (QED) is 0.678. The summed E-state index contributed by atoms with van der Waals surface area (Å²) in [6.45, 7) is 2.77. The van der Waals surface area contributed by atoms with Crippen LogP contribution in [0.4, 0.5) is 23.3 Å². The van der Waals surface area contributed by atoms with Crippen LogP contribution in [0.5, 0.6) is 0 Å². The number of aromatic nitrogens is 3. The van der Waals surface area contributed by atoms with Gasteiger partial charge in [0, 0.05) is 37.4 Å². The summed E-state index contributed by atoms with van der Waals surface area (Å²) in [5, 5.41) is 6.45. The molecule has 190 valence electrons. The molecular formula is C27H36N8O. The Morgan fingerprint density at radius 1 is 1.08 bits per heavy atom. The third kappa shape index (κ3) is 4.19. The Morgan fingerprint density at radius 2 is 1.89 bits per heavy atom. The molecule has 1 aliphatic carbocycles. The fraction of sp³-hybridized carbons (Fsp3) is 0.556. The van der Waals surface area contributed by atoms with E-state index in [4.69, 9.17) is 4.98 Å². The number of fused-ring (bicyclic) bond motifs is 4. The number of anilines is 4. The van der Waals surface area contributed by atoms with Crippen molar-refractivity contribution in [2.75, 3.05) is 48.8 Å². The van der Waals surface area contributed by atoms with E-state index in [1.165, 1.54) is 32.1 Å². The topological polar surface area (TPSA) is 89.5 Å². The maximum atomic E-state index is 12.8. The van der Waals surface area contributed by atoms with Crippen LogP contribution in [-0.2, 0) is 4.79 Å². The first-order valence-electron chi connectivity index (χ1n) is 13.3. The maximum absolute atomic E-state index is 12.8. The summed E-state index contributed by atoms with van der Waals surface area (Å²) in [5.41, 5.74) is 2.03. The summed E-state index contributed by atoms with van der Waals surface area (Å²) < 4.78 is 0. The van der Waals surface area contributed by atoms with Gasteiger partial charge in [-0.2, -0.15) is 4.98 Å². The lowest BCUT2D eigenvalue weighted by Gasteiger charge is -2.54. The highest BCUT2D eigenvalue weighted by atomic mass is 16.2. The van der Waals surface area contributed by atoms with Crippen LogP contribution in [0.2, 0.25) is 0 Å². The second-order valence-corrected chi connectivity index (χ2v) is 10.9. The van der Waals surface area contributed by atoms with Gasteiger partial charge in [-0.05, 0) is 51.9 Å². The summed E-state index contributed by atoms with van der Waals surface area (Å²) >= 11 is 0. The van der Waals surface area contributed by atoms with E-state index in [1.807, 2.05) is 30.6 Å². The number of pyridine rings is 1. The zero-order valence-electron chi connectivity index (χ0n) is 21.3. The minimum atomic E-state index is -0.318. The predicted molar refractivity (Wildman–Crippen MR) is 143 cm³/mol. The second kappa shape index (κ2) is 9.35.